The van der Waals surface area contributed by atoms with Crippen LogP contribution in [0.5, 0.6) is 0 Å². The number of halogens is 3. The average molecular weight is 265 g/mol. The minimum Gasteiger partial charge on any atom is -0.440 e. The van der Waals surface area contributed by atoms with E-state index in [0.717, 1.165) is 4.90 Å². The molecule has 0 unspecified atom stereocenters. The van der Waals surface area contributed by atoms with Crippen molar-refractivity contribution in [2.75, 3.05) is 18.2 Å². The molecule has 0 aliphatic heterocycles. The molecule has 17 heavy (non-hydrogen) atoms. The zero-order valence-electron chi connectivity index (χ0n) is 8.88. The van der Waals surface area contributed by atoms with E-state index in [1.54, 1.807) is 30.5 Å². The Balaban J connectivity index is 2.56. The van der Waals surface area contributed by atoms with Crippen molar-refractivity contribution in [3.63, 3.8) is 0 Å². The summed E-state index contributed by atoms with van der Waals surface area (Å²) in [6.07, 6.45) is -3.85. The Morgan fingerprint density at radius 3 is 2.65 bits per heavy atom. The van der Waals surface area contributed by atoms with E-state index >= 15 is 0 Å². The van der Waals surface area contributed by atoms with Crippen LogP contribution in [0.4, 0.5) is 23.7 Å². The number of thioether (sulfide) groups is 1. The lowest BCUT2D eigenvalue weighted by Crippen LogP contribution is -2.23. The topological polar surface area (TPSA) is 38.3 Å². The van der Waals surface area contributed by atoms with Crippen molar-refractivity contribution in [2.24, 2.45) is 0 Å². The van der Waals surface area contributed by atoms with Gasteiger partial charge in [0.25, 0.3) is 0 Å². The first-order chi connectivity index (χ1) is 7.92. The van der Waals surface area contributed by atoms with Gasteiger partial charge in [-0.25, -0.2) is 4.79 Å². The smallest absolute Gasteiger partial charge is 0.422 e. The highest BCUT2D eigenvalue weighted by atomic mass is 32.2. The highest BCUT2D eigenvalue weighted by Crippen LogP contribution is 2.24. The van der Waals surface area contributed by atoms with Crippen LogP contribution >= 0.6 is 11.8 Å². The van der Waals surface area contributed by atoms with Gasteiger partial charge in [-0.3, -0.25) is 5.32 Å². The van der Waals surface area contributed by atoms with Gasteiger partial charge in [-0.1, -0.05) is 12.1 Å². The monoisotopic (exact) mass is 265 g/mol. The van der Waals surface area contributed by atoms with E-state index in [9.17, 15) is 18.0 Å². The SMILES string of the molecule is CSc1ccccc1NC(=O)OCC(F)(F)F. The molecule has 0 aliphatic carbocycles. The lowest BCUT2D eigenvalue weighted by atomic mass is 10.3. The first-order valence-electron chi connectivity index (χ1n) is 4.56. The van der Waals surface area contributed by atoms with E-state index in [0.29, 0.717) is 5.69 Å². The Bertz CT molecular complexity index is 395. The van der Waals surface area contributed by atoms with Crippen molar-refractivity contribution >= 4 is 23.5 Å². The predicted octanol–water partition coefficient (Wildman–Crippen LogP) is 3.52. The summed E-state index contributed by atoms with van der Waals surface area (Å²) in [7, 11) is 0. The fraction of sp³-hybridized carbons (Fsp3) is 0.300. The number of hydrogen-bond acceptors (Lipinski definition) is 3. The molecule has 7 heteroatoms. The zero-order valence-corrected chi connectivity index (χ0v) is 9.69. The standard InChI is InChI=1S/C10H10F3NO2S/c1-17-8-5-3-2-4-7(8)14-9(15)16-6-10(11,12)13/h2-5H,6H2,1H3,(H,14,15). The molecule has 1 rings (SSSR count). The van der Waals surface area contributed by atoms with Crippen LogP contribution in [-0.2, 0) is 4.74 Å². The van der Waals surface area contributed by atoms with Crippen LogP contribution in [0, 0.1) is 0 Å². The Morgan fingerprint density at radius 1 is 1.41 bits per heavy atom. The molecule has 1 aromatic rings. The molecule has 0 atom stereocenters. The molecule has 0 fully saturated rings. The van der Waals surface area contributed by atoms with E-state index in [1.165, 1.54) is 11.8 Å². The molecule has 1 aromatic carbocycles. The van der Waals surface area contributed by atoms with Crippen molar-refractivity contribution in [3.05, 3.63) is 24.3 Å². The molecule has 1 N–H and O–H groups in total. The maximum absolute atomic E-state index is 11.8. The van der Waals surface area contributed by atoms with Crippen molar-refractivity contribution in [3.8, 4) is 0 Å². The lowest BCUT2D eigenvalue weighted by molar-refractivity contribution is -0.159. The fourth-order valence-electron chi connectivity index (χ4n) is 1.04. The number of carbonyl (C=O) groups is 1. The number of anilines is 1. The van der Waals surface area contributed by atoms with Crippen molar-refractivity contribution < 1.29 is 22.7 Å². The minimum atomic E-state index is -4.52. The number of nitrogens with one attached hydrogen (secondary N) is 1. The Kier molecular flexibility index (Phi) is 4.68. The summed E-state index contributed by atoms with van der Waals surface area (Å²) < 4.78 is 39.4. The lowest BCUT2D eigenvalue weighted by Gasteiger charge is -2.11. The number of para-hydroxylation sites is 1. The third kappa shape index (κ3) is 4.99. The highest BCUT2D eigenvalue weighted by molar-refractivity contribution is 7.98. The van der Waals surface area contributed by atoms with E-state index < -0.39 is 18.9 Å². The molecule has 94 valence electrons. The van der Waals surface area contributed by atoms with Gasteiger partial charge >= 0.3 is 12.3 Å². The van der Waals surface area contributed by atoms with Crippen LogP contribution in [-0.4, -0.2) is 25.1 Å². The number of amides is 1. The number of ether oxygens (including phenoxy) is 1. The molecule has 0 spiro atoms. The molecule has 0 heterocycles. The zero-order chi connectivity index (χ0) is 12.9. The molecule has 0 aromatic heterocycles. The van der Waals surface area contributed by atoms with Gasteiger partial charge in [0.1, 0.15) is 0 Å². The van der Waals surface area contributed by atoms with E-state index in [4.69, 9.17) is 0 Å². The van der Waals surface area contributed by atoms with Gasteiger partial charge in [-0.2, -0.15) is 13.2 Å². The number of alkyl halides is 3. The second-order valence-corrected chi connectivity index (χ2v) is 3.86. The van der Waals surface area contributed by atoms with Crippen molar-refractivity contribution in [1.29, 1.82) is 0 Å². The summed E-state index contributed by atoms with van der Waals surface area (Å²) in [5, 5.41) is 2.25. The summed E-state index contributed by atoms with van der Waals surface area (Å²) in [6, 6.07) is 6.75. The Hall–Kier alpha value is -1.37. The van der Waals surface area contributed by atoms with E-state index in [-0.39, 0.29) is 0 Å². The maximum Gasteiger partial charge on any atom is 0.422 e. The molecule has 0 saturated heterocycles. The van der Waals surface area contributed by atoms with Crippen LogP contribution in [0.3, 0.4) is 0 Å². The minimum absolute atomic E-state index is 0.423. The Morgan fingerprint density at radius 2 is 2.06 bits per heavy atom. The summed E-state index contributed by atoms with van der Waals surface area (Å²) >= 11 is 1.37. The third-order valence-electron chi connectivity index (χ3n) is 1.71. The Labute approximate surface area is 100 Å². The molecule has 0 radical (unpaired) electrons. The molecule has 3 nitrogen and oxygen atoms in total. The van der Waals surface area contributed by atoms with Crippen molar-refractivity contribution in [2.45, 2.75) is 11.1 Å². The summed E-state index contributed by atoms with van der Waals surface area (Å²) in [5.74, 6) is 0. The van der Waals surface area contributed by atoms with Crippen LogP contribution < -0.4 is 5.32 Å². The van der Waals surface area contributed by atoms with Gasteiger partial charge in [0.15, 0.2) is 6.61 Å². The number of rotatable bonds is 3. The number of benzene rings is 1. The van der Waals surface area contributed by atoms with Crippen LogP contribution in [0.2, 0.25) is 0 Å². The first kappa shape index (κ1) is 13.7. The largest absolute Gasteiger partial charge is 0.440 e. The summed E-state index contributed by atoms with van der Waals surface area (Å²) in [5.41, 5.74) is 0.423. The molecule has 1 amide bonds. The normalized spacial score (nSPS) is 11.1. The fourth-order valence-corrected chi connectivity index (χ4v) is 1.59. The van der Waals surface area contributed by atoms with E-state index in [1.807, 2.05) is 0 Å². The molecular weight excluding hydrogens is 255 g/mol. The van der Waals surface area contributed by atoms with Gasteiger partial charge in [-0.05, 0) is 18.4 Å². The third-order valence-corrected chi connectivity index (χ3v) is 2.51. The summed E-state index contributed by atoms with van der Waals surface area (Å²) in [4.78, 5) is 11.8. The second kappa shape index (κ2) is 5.81. The van der Waals surface area contributed by atoms with Gasteiger partial charge in [0, 0.05) is 4.90 Å². The maximum atomic E-state index is 11.8. The number of carbonyl (C=O) groups excluding carboxylic acids is 1. The van der Waals surface area contributed by atoms with Crippen LogP contribution in [0.25, 0.3) is 0 Å². The van der Waals surface area contributed by atoms with Crippen LogP contribution in [0.1, 0.15) is 0 Å². The van der Waals surface area contributed by atoms with Crippen molar-refractivity contribution in [1.82, 2.24) is 0 Å². The second-order valence-electron chi connectivity index (χ2n) is 3.02. The molecular formula is C10H10F3NO2S. The average Bonchev–Trinajstić information content (AvgIpc) is 2.26. The summed E-state index contributed by atoms with van der Waals surface area (Å²) in [6.45, 7) is -1.60. The quantitative estimate of drug-likeness (QED) is 0.850. The molecule has 0 bridgehead atoms. The molecule has 0 aliphatic rings. The molecule has 0 saturated carbocycles. The van der Waals surface area contributed by atoms with Gasteiger partial charge < -0.3 is 4.74 Å². The predicted molar refractivity (Wildman–Crippen MR) is 59.2 cm³/mol. The first-order valence-corrected chi connectivity index (χ1v) is 5.78. The van der Waals surface area contributed by atoms with Gasteiger partial charge in [-0.15, -0.1) is 11.8 Å². The highest BCUT2D eigenvalue weighted by Gasteiger charge is 2.29. The van der Waals surface area contributed by atoms with Gasteiger partial charge in [0.05, 0.1) is 5.69 Å². The van der Waals surface area contributed by atoms with Crippen LogP contribution in [0.15, 0.2) is 29.2 Å². The van der Waals surface area contributed by atoms with E-state index in [2.05, 4.69) is 10.1 Å². The number of hydrogen-bond donors (Lipinski definition) is 1. The van der Waals surface area contributed by atoms with Gasteiger partial charge in [0.2, 0.25) is 0 Å².